The number of hydrogen-bond acceptors (Lipinski definition) is 7. The second kappa shape index (κ2) is 11.1. The molecule has 2 fully saturated rings. The molecular weight excluding hydrogens is 538 g/mol. The van der Waals surface area contributed by atoms with E-state index in [1.54, 1.807) is 0 Å². The maximum absolute atomic E-state index is 14.1. The quantitative estimate of drug-likeness (QED) is 0.233. The highest BCUT2D eigenvalue weighted by Gasteiger charge is 2.47. The number of unbranched alkanes of at least 4 members (excludes halogenated alkanes) is 1. The molecule has 9 heteroatoms. The van der Waals surface area contributed by atoms with E-state index in [-0.39, 0.29) is 17.2 Å². The van der Waals surface area contributed by atoms with Crippen LogP contribution in [0.3, 0.4) is 0 Å². The molecular formula is C34H37N7O2. The highest BCUT2D eigenvalue weighted by atomic mass is 16.7. The van der Waals surface area contributed by atoms with Crippen molar-refractivity contribution in [2.75, 3.05) is 0 Å². The number of rotatable bonds is 8. The van der Waals surface area contributed by atoms with Crippen LogP contribution in [-0.4, -0.2) is 46.8 Å². The molecule has 220 valence electrons. The Hall–Kier alpha value is -4.21. The summed E-state index contributed by atoms with van der Waals surface area (Å²) in [7, 11) is 0. The molecule has 7 rings (SSSR count). The largest absolute Gasteiger partial charge is 0.292 e. The Labute approximate surface area is 250 Å². The number of H-pyrrole nitrogens is 1. The normalized spacial score (nSPS) is 19.7. The fourth-order valence-electron chi connectivity index (χ4n) is 6.66. The summed E-state index contributed by atoms with van der Waals surface area (Å²) in [6, 6.07) is 22.9. The van der Waals surface area contributed by atoms with E-state index in [0.717, 1.165) is 77.7 Å². The van der Waals surface area contributed by atoms with Crippen LogP contribution in [0.2, 0.25) is 0 Å². The van der Waals surface area contributed by atoms with Gasteiger partial charge in [-0.2, -0.15) is 10.3 Å². The number of tetrazole rings is 1. The fraction of sp³-hybridized carbons (Fsp3) is 0.382. The number of aromatic amines is 1. The van der Waals surface area contributed by atoms with Crippen LogP contribution in [0, 0.1) is 0 Å². The van der Waals surface area contributed by atoms with Crippen molar-refractivity contribution in [3.8, 4) is 22.5 Å². The summed E-state index contributed by atoms with van der Waals surface area (Å²) in [6.45, 7) is 7.11. The molecule has 2 atom stereocenters. The molecule has 3 aromatic carbocycles. The zero-order valence-electron chi connectivity index (χ0n) is 25.0. The highest BCUT2D eigenvalue weighted by Crippen LogP contribution is 2.45. The second-order valence-corrected chi connectivity index (χ2v) is 12.4. The van der Waals surface area contributed by atoms with Crippen molar-refractivity contribution >= 4 is 10.9 Å². The zero-order valence-corrected chi connectivity index (χ0v) is 25.0. The van der Waals surface area contributed by atoms with Gasteiger partial charge in [-0.25, -0.2) is 4.98 Å². The second-order valence-electron chi connectivity index (χ2n) is 12.4. The van der Waals surface area contributed by atoms with Gasteiger partial charge in [0.25, 0.3) is 5.56 Å². The summed E-state index contributed by atoms with van der Waals surface area (Å²) in [6.07, 6.45) is 5.98. The van der Waals surface area contributed by atoms with Gasteiger partial charge in [0.1, 0.15) is 11.9 Å². The summed E-state index contributed by atoms with van der Waals surface area (Å²) in [5.41, 5.74) is 5.87. The Morgan fingerprint density at radius 2 is 1.86 bits per heavy atom. The van der Waals surface area contributed by atoms with Gasteiger partial charge in [-0.3, -0.25) is 14.2 Å². The van der Waals surface area contributed by atoms with Gasteiger partial charge in [0, 0.05) is 23.6 Å². The van der Waals surface area contributed by atoms with Gasteiger partial charge in [-0.05, 0) is 79.1 Å². The monoisotopic (exact) mass is 575 g/mol. The van der Waals surface area contributed by atoms with E-state index in [4.69, 9.17) is 9.82 Å². The van der Waals surface area contributed by atoms with Gasteiger partial charge in [0.05, 0.1) is 17.4 Å². The minimum atomic E-state index is -0.0375. The van der Waals surface area contributed by atoms with Crippen LogP contribution >= 0.6 is 0 Å². The molecule has 2 aromatic heterocycles. The Morgan fingerprint density at radius 1 is 1.05 bits per heavy atom. The first kappa shape index (κ1) is 27.6. The number of aryl methyl sites for hydroxylation is 1. The number of fused-ring (bicyclic) bond motifs is 2. The Balaban J connectivity index is 1.20. The van der Waals surface area contributed by atoms with E-state index < -0.39 is 0 Å². The van der Waals surface area contributed by atoms with Crippen molar-refractivity contribution in [3.63, 3.8) is 0 Å². The third kappa shape index (κ3) is 5.17. The molecule has 2 aliphatic rings. The predicted molar refractivity (Wildman–Crippen MR) is 166 cm³/mol. The molecule has 0 radical (unpaired) electrons. The Morgan fingerprint density at radius 3 is 2.60 bits per heavy atom. The number of nitrogens with zero attached hydrogens (tertiary/aromatic N) is 6. The van der Waals surface area contributed by atoms with Crippen LogP contribution in [0.1, 0.15) is 75.9 Å². The molecule has 0 amide bonds. The van der Waals surface area contributed by atoms with E-state index >= 15 is 0 Å². The third-order valence-electron chi connectivity index (χ3n) is 9.05. The third-order valence-corrected chi connectivity index (χ3v) is 9.05. The topological polar surface area (TPSA) is 102 Å². The summed E-state index contributed by atoms with van der Waals surface area (Å²) in [5, 5.41) is 17.4. The summed E-state index contributed by atoms with van der Waals surface area (Å²) >= 11 is 0. The lowest BCUT2D eigenvalue weighted by Crippen LogP contribution is -2.38. The molecule has 0 saturated carbocycles. The van der Waals surface area contributed by atoms with Gasteiger partial charge >= 0.3 is 0 Å². The number of aromatic nitrogens is 6. The van der Waals surface area contributed by atoms with Crippen molar-refractivity contribution in [1.82, 2.24) is 35.2 Å². The molecule has 0 bridgehead atoms. The lowest BCUT2D eigenvalue weighted by atomic mass is 9.98. The minimum absolute atomic E-state index is 0.00306. The molecule has 0 unspecified atom stereocenters. The molecule has 2 aliphatic heterocycles. The van der Waals surface area contributed by atoms with Crippen molar-refractivity contribution in [3.05, 3.63) is 94.0 Å². The molecule has 43 heavy (non-hydrogen) atoms. The van der Waals surface area contributed by atoms with Gasteiger partial charge in [-0.15, -0.1) is 10.2 Å². The average molecular weight is 576 g/mol. The molecule has 5 aromatic rings. The molecule has 0 spiro atoms. The number of hydrogen-bond donors (Lipinski definition) is 1. The van der Waals surface area contributed by atoms with Crippen molar-refractivity contribution in [2.24, 2.45) is 0 Å². The summed E-state index contributed by atoms with van der Waals surface area (Å²) in [5.74, 6) is 1.39. The van der Waals surface area contributed by atoms with Crippen molar-refractivity contribution in [2.45, 2.75) is 83.5 Å². The molecule has 0 aliphatic carbocycles. The Bertz CT molecular complexity index is 1810. The van der Waals surface area contributed by atoms with Crippen molar-refractivity contribution in [1.29, 1.82) is 0 Å². The van der Waals surface area contributed by atoms with Crippen molar-refractivity contribution < 1.29 is 4.84 Å². The minimum Gasteiger partial charge on any atom is -0.292 e. The van der Waals surface area contributed by atoms with E-state index in [2.05, 4.69) is 82.9 Å². The van der Waals surface area contributed by atoms with Crippen LogP contribution in [0.5, 0.6) is 0 Å². The SMILES string of the molecule is CCCCc1nc2ccc([C@@H]3C[C@H]4CCC(C)(C)N4O3)cc2c(=O)n1Cc1ccc(-c2ccccc2-c2nn[nH]n2)cc1. The van der Waals surface area contributed by atoms with Gasteiger partial charge in [0.15, 0.2) is 0 Å². The van der Waals surface area contributed by atoms with Gasteiger partial charge < -0.3 is 0 Å². The lowest BCUT2D eigenvalue weighted by molar-refractivity contribution is -0.199. The first-order chi connectivity index (χ1) is 20.9. The molecule has 1 N–H and O–H groups in total. The highest BCUT2D eigenvalue weighted by molar-refractivity contribution is 5.80. The Kier molecular flexibility index (Phi) is 7.15. The lowest BCUT2D eigenvalue weighted by Gasteiger charge is -2.30. The maximum Gasteiger partial charge on any atom is 0.261 e. The van der Waals surface area contributed by atoms with Crippen LogP contribution in [0.25, 0.3) is 33.4 Å². The summed E-state index contributed by atoms with van der Waals surface area (Å²) in [4.78, 5) is 25.6. The van der Waals surface area contributed by atoms with Gasteiger partial charge in [0.2, 0.25) is 5.82 Å². The molecule has 4 heterocycles. The first-order valence-corrected chi connectivity index (χ1v) is 15.3. The van der Waals surface area contributed by atoms with Crippen LogP contribution in [-0.2, 0) is 17.8 Å². The van der Waals surface area contributed by atoms with E-state index in [1.807, 2.05) is 34.9 Å². The molecule has 2 saturated heterocycles. The summed E-state index contributed by atoms with van der Waals surface area (Å²) < 4.78 is 1.86. The zero-order chi connectivity index (χ0) is 29.6. The first-order valence-electron chi connectivity index (χ1n) is 15.3. The fourth-order valence-corrected chi connectivity index (χ4v) is 6.66. The standard InChI is InChI=1S/C34H37N7O2/c1-4-5-10-31-35-29-16-15-24(30-20-25-17-18-34(2,3)41(25)43-30)19-28(29)33(42)40(31)21-22-11-13-23(14-12-22)26-8-6-7-9-27(26)32-36-38-39-37-32/h6-9,11-16,19,25,30H,4-5,10,17-18,20-21H2,1-3H3,(H,36,37,38,39)/t25-,30+/m1/s1. The van der Waals surface area contributed by atoms with Crippen LogP contribution in [0.4, 0.5) is 0 Å². The van der Waals surface area contributed by atoms with Crippen LogP contribution in [0.15, 0.2) is 71.5 Å². The number of hydroxylamine groups is 2. The smallest absolute Gasteiger partial charge is 0.261 e. The number of benzene rings is 3. The molecule has 9 nitrogen and oxygen atoms in total. The van der Waals surface area contributed by atoms with E-state index in [0.29, 0.717) is 23.8 Å². The predicted octanol–water partition coefficient (Wildman–Crippen LogP) is 6.25. The van der Waals surface area contributed by atoms with Gasteiger partial charge in [-0.1, -0.05) is 67.9 Å². The number of nitrogens with one attached hydrogen (secondary N) is 1. The maximum atomic E-state index is 14.1. The van der Waals surface area contributed by atoms with Crippen LogP contribution < -0.4 is 5.56 Å². The van der Waals surface area contributed by atoms with E-state index in [9.17, 15) is 4.79 Å². The van der Waals surface area contributed by atoms with E-state index in [1.165, 1.54) is 0 Å². The average Bonchev–Trinajstić information content (AvgIpc) is 3.77.